The van der Waals surface area contributed by atoms with Crippen LogP contribution in [0.3, 0.4) is 0 Å². The normalized spacial score (nSPS) is 20.7. The number of guanidine groups is 1. The lowest BCUT2D eigenvalue weighted by Gasteiger charge is -2.37. The molecule has 1 aromatic heterocycles. The summed E-state index contributed by atoms with van der Waals surface area (Å²) in [5.41, 5.74) is 0. The summed E-state index contributed by atoms with van der Waals surface area (Å²) in [7, 11) is 1.96. The van der Waals surface area contributed by atoms with Gasteiger partial charge in [-0.3, -0.25) is 4.79 Å². The van der Waals surface area contributed by atoms with Crippen molar-refractivity contribution in [3.05, 3.63) is 11.6 Å². The van der Waals surface area contributed by atoms with Crippen LogP contribution in [0, 0.1) is 6.92 Å². The molecule has 1 atom stereocenters. The molecule has 28 heavy (non-hydrogen) atoms. The van der Waals surface area contributed by atoms with E-state index in [4.69, 9.17) is 9.73 Å². The first-order chi connectivity index (χ1) is 13.6. The van der Waals surface area contributed by atoms with Crippen LogP contribution in [0.15, 0.2) is 4.99 Å². The largest absolute Gasteiger partial charge is 0.368 e. The van der Waals surface area contributed by atoms with Gasteiger partial charge in [0.2, 0.25) is 0 Å². The van der Waals surface area contributed by atoms with Crippen molar-refractivity contribution in [2.75, 3.05) is 39.3 Å². The highest BCUT2D eigenvalue weighted by atomic mass is 16.5. The highest BCUT2D eigenvalue weighted by Crippen LogP contribution is 2.16. The van der Waals surface area contributed by atoms with Crippen LogP contribution >= 0.6 is 0 Å². The molecular formula is C19H33N7O2. The van der Waals surface area contributed by atoms with E-state index in [0.29, 0.717) is 26.2 Å². The number of ether oxygens (including phenoxy) is 1. The molecule has 0 bridgehead atoms. The molecule has 0 spiro atoms. The second-order valence-electron chi connectivity index (χ2n) is 7.46. The number of unbranched alkanes of at least 4 members (excludes halogenated alkanes) is 1. The van der Waals surface area contributed by atoms with Crippen LogP contribution in [0.2, 0.25) is 0 Å². The van der Waals surface area contributed by atoms with Crippen molar-refractivity contribution in [2.24, 2.45) is 12.0 Å². The number of aromatic nitrogens is 3. The van der Waals surface area contributed by atoms with Crippen LogP contribution in [0.4, 0.5) is 0 Å². The molecule has 2 aliphatic heterocycles. The molecule has 1 aromatic rings. The van der Waals surface area contributed by atoms with E-state index in [2.05, 4.69) is 27.3 Å². The van der Waals surface area contributed by atoms with Gasteiger partial charge >= 0.3 is 0 Å². The predicted octanol–water partition coefficient (Wildman–Crippen LogP) is 0.692. The van der Waals surface area contributed by atoms with Crippen molar-refractivity contribution >= 4 is 11.9 Å². The van der Waals surface area contributed by atoms with E-state index in [0.717, 1.165) is 62.9 Å². The van der Waals surface area contributed by atoms with Crippen LogP contribution < -0.4 is 5.32 Å². The fraction of sp³-hybridized carbons (Fsp3) is 0.789. The Morgan fingerprint density at radius 3 is 2.61 bits per heavy atom. The lowest BCUT2D eigenvalue weighted by Crippen LogP contribution is -2.55. The lowest BCUT2D eigenvalue weighted by molar-refractivity contribution is -0.142. The number of piperazine rings is 1. The van der Waals surface area contributed by atoms with Crippen LogP contribution in [-0.2, 0) is 23.1 Å². The third-order valence-corrected chi connectivity index (χ3v) is 5.46. The topological polar surface area (TPSA) is 87.9 Å². The third-order valence-electron chi connectivity index (χ3n) is 5.46. The van der Waals surface area contributed by atoms with Gasteiger partial charge in [-0.15, -0.1) is 10.2 Å². The first-order valence-corrected chi connectivity index (χ1v) is 10.4. The van der Waals surface area contributed by atoms with E-state index in [-0.39, 0.29) is 12.0 Å². The van der Waals surface area contributed by atoms with Gasteiger partial charge in [-0.25, -0.2) is 4.99 Å². The summed E-state index contributed by atoms with van der Waals surface area (Å²) >= 11 is 0. The first-order valence-electron chi connectivity index (χ1n) is 10.4. The Kier molecular flexibility index (Phi) is 7.24. The number of hydrogen-bond acceptors (Lipinski definition) is 5. The van der Waals surface area contributed by atoms with Crippen LogP contribution in [-0.4, -0.2) is 81.9 Å². The summed E-state index contributed by atoms with van der Waals surface area (Å²) in [6, 6.07) is 0. The van der Waals surface area contributed by atoms with Gasteiger partial charge in [-0.05, 0) is 26.2 Å². The Balaban J connectivity index is 1.59. The molecule has 2 fully saturated rings. The van der Waals surface area contributed by atoms with Gasteiger partial charge in [0.05, 0.1) is 0 Å². The number of nitrogens with zero attached hydrogens (tertiary/aromatic N) is 6. The molecular weight excluding hydrogens is 358 g/mol. The molecule has 3 rings (SSSR count). The van der Waals surface area contributed by atoms with Crippen LogP contribution in [0.5, 0.6) is 0 Å². The fourth-order valence-electron chi connectivity index (χ4n) is 3.49. The maximum Gasteiger partial charge on any atom is 0.251 e. The molecule has 0 radical (unpaired) electrons. The molecule has 156 valence electrons. The third kappa shape index (κ3) is 5.01. The van der Waals surface area contributed by atoms with Gasteiger partial charge in [0, 0.05) is 46.4 Å². The van der Waals surface area contributed by atoms with Gasteiger partial charge in [0.15, 0.2) is 11.8 Å². The average Bonchev–Trinajstić information content (AvgIpc) is 3.36. The number of amides is 1. The summed E-state index contributed by atoms with van der Waals surface area (Å²) in [6.45, 7) is 9.15. The quantitative estimate of drug-likeness (QED) is 0.436. The van der Waals surface area contributed by atoms with Crippen LogP contribution in [0.25, 0.3) is 0 Å². The minimum Gasteiger partial charge on any atom is -0.368 e. The fourth-order valence-corrected chi connectivity index (χ4v) is 3.49. The zero-order valence-electron chi connectivity index (χ0n) is 17.4. The minimum absolute atomic E-state index is 0.143. The molecule has 0 saturated carbocycles. The number of aryl methyl sites for hydroxylation is 1. The Morgan fingerprint density at radius 1 is 1.25 bits per heavy atom. The highest BCUT2D eigenvalue weighted by molar-refractivity contribution is 5.82. The smallest absolute Gasteiger partial charge is 0.251 e. The Labute approximate surface area is 167 Å². The van der Waals surface area contributed by atoms with E-state index in [1.165, 1.54) is 0 Å². The summed E-state index contributed by atoms with van der Waals surface area (Å²) in [6.07, 6.45) is 3.82. The highest BCUT2D eigenvalue weighted by Gasteiger charge is 2.30. The number of carbonyl (C=O) groups excluding carboxylic acids is 1. The van der Waals surface area contributed by atoms with Gasteiger partial charge in [-0.2, -0.15) is 0 Å². The molecule has 0 aromatic carbocycles. The predicted molar refractivity (Wildman–Crippen MR) is 107 cm³/mol. The molecule has 3 heterocycles. The number of carbonyl (C=O) groups is 1. The molecule has 9 nitrogen and oxygen atoms in total. The van der Waals surface area contributed by atoms with E-state index in [9.17, 15) is 4.79 Å². The zero-order valence-corrected chi connectivity index (χ0v) is 17.4. The molecule has 9 heteroatoms. The zero-order chi connectivity index (χ0) is 19.9. The summed E-state index contributed by atoms with van der Waals surface area (Å²) in [5, 5.41) is 11.8. The lowest BCUT2D eigenvalue weighted by atomic mass is 10.2. The number of hydrogen-bond donors (Lipinski definition) is 1. The summed E-state index contributed by atoms with van der Waals surface area (Å²) in [5.74, 6) is 2.76. The van der Waals surface area contributed by atoms with Crippen molar-refractivity contribution in [3.63, 3.8) is 0 Å². The SMILES string of the molecule is CCCCNC(=NCc1nnc(C)n1C)N1CCN(C(=O)C2CCCO2)CC1. The molecule has 2 saturated heterocycles. The standard InChI is InChI=1S/C19H33N7O2/c1-4-5-8-20-19(21-14-17-23-22-15(2)24(17)3)26-11-9-25(10-12-26)18(27)16-7-6-13-28-16/h16H,4-14H2,1-3H3,(H,20,21). The van der Waals surface area contributed by atoms with E-state index >= 15 is 0 Å². The monoisotopic (exact) mass is 391 g/mol. The maximum absolute atomic E-state index is 12.6. The second kappa shape index (κ2) is 9.86. The summed E-state index contributed by atoms with van der Waals surface area (Å²) < 4.78 is 7.52. The molecule has 0 aliphatic carbocycles. The van der Waals surface area contributed by atoms with E-state index in [1.54, 1.807) is 0 Å². The van der Waals surface area contributed by atoms with Gasteiger partial charge in [-0.1, -0.05) is 13.3 Å². The molecule has 2 aliphatic rings. The number of aliphatic imine (C=N–C) groups is 1. The van der Waals surface area contributed by atoms with Crippen molar-refractivity contribution in [1.82, 2.24) is 29.9 Å². The number of nitrogens with one attached hydrogen (secondary N) is 1. The van der Waals surface area contributed by atoms with Gasteiger partial charge in [0.1, 0.15) is 18.5 Å². The van der Waals surface area contributed by atoms with Crippen molar-refractivity contribution < 1.29 is 9.53 Å². The Morgan fingerprint density at radius 2 is 2.00 bits per heavy atom. The van der Waals surface area contributed by atoms with E-state index in [1.807, 2.05) is 23.4 Å². The Bertz CT molecular complexity index is 674. The number of rotatable bonds is 6. The van der Waals surface area contributed by atoms with Crippen molar-refractivity contribution in [3.8, 4) is 0 Å². The second-order valence-corrected chi connectivity index (χ2v) is 7.46. The molecule has 1 unspecified atom stereocenters. The summed E-state index contributed by atoms with van der Waals surface area (Å²) in [4.78, 5) is 21.5. The van der Waals surface area contributed by atoms with Gasteiger partial charge < -0.3 is 24.4 Å². The van der Waals surface area contributed by atoms with Crippen molar-refractivity contribution in [2.45, 2.75) is 52.2 Å². The van der Waals surface area contributed by atoms with Crippen LogP contribution in [0.1, 0.15) is 44.3 Å². The maximum atomic E-state index is 12.6. The minimum atomic E-state index is -0.235. The van der Waals surface area contributed by atoms with Crippen molar-refractivity contribution in [1.29, 1.82) is 0 Å². The molecule has 1 N–H and O–H groups in total. The first kappa shape index (κ1) is 20.6. The van der Waals surface area contributed by atoms with Gasteiger partial charge in [0.25, 0.3) is 5.91 Å². The average molecular weight is 392 g/mol. The Hall–Kier alpha value is -2.16. The molecule has 1 amide bonds. The van der Waals surface area contributed by atoms with E-state index < -0.39 is 0 Å².